The lowest BCUT2D eigenvalue weighted by Crippen LogP contribution is -2.25. The highest BCUT2D eigenvalue weighted by Gasteiger charge is 2.20. The SMILES string of the molecule is O=[N+]([O-])c1ccccc1OCCOCCOCCOCCOc1cc(OC2CCCCO2)ccc1[N+](=O)[O-]. The van der Waals surface area contributed by atoms with Crippen molar-refractivity contribution < 1.29 is 43.0 Å². The first-order valence-electron chi connectivity index (χ1n) is 12.3. The highest BCUT2D eigenvalue weighted by atomic mass is 16.7. The smallest absolute Gasteiger partial charge is 0.311 e. The maximum Gasteiger partial charge on any atom is 0.311 e. The Kier molecular flexibility index (Phi) is 12.5. The van der Waals surface area contributed by atoms with Gasteiger partial charge in [0, 0.05) is 24.6 Å². The minimum Gasteiger partial charge on any atom is -0.484 e. The predicted molar refractivity (Wildman–Crippen MR) is 134 cm³/mol. The first-order chi connectivity index (χ1) is 18.5. The summed E-state index contributed by atoms with van der Waals surface area (Å²) in [5.41, 5.74) is -0.246. The van der Waals surface area contributed by atoms with Crippen LogP contribution < -0.4 is 14.2 Å². The molecule has 208 valence electrons. The van der Waals surface area contributed by atoms with Crippen LogP contribution in [0.2, 0.25) is 0 Å². The molecule has 0 amide bonds. The van der Waals surface area contributed by atoms with Crippen molar-refractivity contribution in [1.29, 1.82) is 0 Å². The van der Waals surface area contributed by atoms with Gasteiger partial charge in [0.2, 0.25) is 5.75 Å². The maximum absolute atomic E-state index is 11.3. The second kappa shape index (κ2) is 16.3. The van der Waals surface area contributed by atoms with Crippen LogP contribution in [0, 0.1) is 20.2 Å². The van der Waals surface area contributed by atoms with E-state index in [2.05, 4.69) is 0 Å². The normalized spacial score (nSPS) is 15.1. The van der Waals surface area contributed by atoms with Gasteiger partial charge in [-0.15, -0.1) is 0 Å². The Morgan fingerprint density at radius 1 is 0.737 bits per heavy atom. The number of ether oxygens (including phenoxy) is 7. The Balaban J connectivity index is 1.22. The summed E-state index contributed by atoms with van der Waals surface area (Å²) < 4.78 is 38.5. The van der Waals surface area contributed by atoms with Gasteiger partial charge in [0.15, 0.2) is 12.0 Å². The zero-order valence-corrected chi connectivity index (χ0v) is 21.0. The van der Waals surface area contributed by atoms with E-state index in [1.54, 1.807) is 12.1 Å². The molecule has 2 aromatic carbocycles. The molecule has 0 bridgehead atoms. The topological polar surface area (TPSA) is 151 Å². The molecule has 13 nitrogen and oxygen atoms in total. The van der Waals surface area contributed by atoms with Gasteiger partial charge in [-0.25, -0.2) is 0 Å². The molecule has 0 aliphatic carbocycles. The summed E-state index contributed by atoms with van der Waals surface area (Å²) in [6, 6.07) is 10.5. The average molecular weight is 537 g/mol. The molecule has 0 radical (unpaired) electrons. The number of hydrogen-bond acceptors (Lipinski definition) is 11. The van der Waals surface area contributed by atoms with Gasteiger partial charge in [0.05, 0.1) is 56.1 Å². The maximum atomic E-state index is 11.3. The fraction of sp³-hybridized carbons (Fsp3) is 0.520. The van der Waals surface area contributed by atoms with Crippen LogP contribution in [0.15, 0.2) is 42.5 Å². The fourth-order valence-corrected chi connectivity index (χ4v) is 3.48. The van der Waals surface area contributed by atoms with Crippen LogP contribution in [0.5, 0.6) is 17.2 Å². The molecule has 0 aromatic heterocycles. The van der Waals surface area contributed by atoms with Gasteiger partial charge in [0.1, 0.15) is 19.0 Å². The van der Waals surface area contributed by atoms with Crippen LogP contribution in [0.25, 0.3) is 0 Å². The lowest BCUT2D eigenvalue weighted by atomic mass is 10.2. The highest BCUT2D eigenvalue weighted by molar-refractivity contribution is 5.50. The quantitative estimate of drug-likeness (QED) is 0.155. The molecule has 1 atom stereocenters. The Morgan fingerprint density at radius 2 is 1.32 bits per heavy atom. The zero-order chi connectivity index (χ0) is 27.0. The first-order valence-corrected chi connectivity index (χ1v) is 12.3. The van der Waals surface area contributed by atoms with Crippen molar-refractivity contribution >= 4 is 11.4 Å². The molecule has 1 fully saturated rings. The lowest BCUT2D eigenvalue weighted by molar-refractivity contribution is -0.386. The van der Waals surface area contributed by atoms with E-state index in [9.17, 15) is 20.2 Å². The highest BCUT2D eigenvalue weighted by Crippen LogP contribution is 2.32. The van der Waals surface area contributed by atoms with E-state index >= 15 is 0 Å². The van der Waals surface area contributed by atoms with E-state index in [0.717, 1.165) is 19.3 Å². The van der Waals surface area contributed by atoms with Gasteiger partial charge in [0.25, 0.3) is 0 Å². The summed E-state index contributed by atoms with van der Waals surface area (Å²) in [7, 11) is 0. The molecule has 1 heterocycles. The lowest BCUT2D eigenvalue weighted by Gasteiger charge is -2.23. The van der Waals surface area contributed by atoms with Crippen LogP contribution in [0.4, 0.5) is 11.4 Å². The Hall–Kier alpha value is -3.52. The van der Waals surface area contributed by atoms with Gasteiger partial charge in [-0.3, -0.25) is 20.2 Å². The Bertz CT molecular complexity index is 1010. The third kappa shape index (κ3) is 10.1. The standard InChI is InChI=1S/C25H32N2O11/c28-26(29)21-5-1-2-6-23(21)35-17-15-33-13-11-32-12-14-34-16-18-36-24-19-20(8-9-22(24)27(30)31)38-25-7-3-4-10-37-25/h1-2,5-6,8-9,19,25H,3-4,7,10-18H2. The summed E-state index contributed by atoms with van der Waals surface area (Å²) in [6.45, 7) is 2.73. The molecule has 1 aliphatic rings. The second-order valence-corrected chi connectivity index (χ2v) is 8.06. The van der Waals surface area contributed by atoms with Crippen LogP contribution >= 0.6 is 0 Å². The summed E-state index contributed by atoms with van der Waals surface area (Å²) >= 11 is 0. The van der Waals surface area contributed by atoms with E-state index in [-0.39, 0.29) is 55.6 Å². The number of para-hydroxylation sites is 2. The summed E-state index contributed by atoms with van der Waals surface area (Å²) in [4.78, 5) is 21.3. The zero-order valence-electron chi connectivity index (χ0n) is 21.0. The number of nitrogens with zero attached hydrogens (tertiary/aromatic N) is 2. The van der Waals surface area contributed by atoms with Crippen molar-refractivity contribution in [1.82, 2.24) is 0 Å². The molecule has 1 saturated heterocycles. The van der Waals surface area contributed by atoms with Gasteiger partial charge >= 0.3 is 11.4 Å². The van der Waals surface area contributed by atoms with Crippen molar-refractivity contribution in [2.45, 2.75) is 25.6 Å². The number of rotatable bonds is 18. The number of nitro groups is 2. The number of hydrogen-bond donors (Lipinski definition) is 0. The molecule has 0 spiro atoms. The second-order valence-electron chi connectivity index (χ2n) is 8.06. The number of nitro benzene ring substituents is 2. The van der Waals surface area contributed by atoms with Crippen LogP contribution in [0.1, 0.15) is 19.3 Å². The fourth-order valence-electron chi connectivity index (χ4n) is 3.48. The molecule has 1 aliphatic heterocycles. The van der Waals surface area contributed by atoms with Gasteiger partial charge in [-0.05, 0) is 25.0 Å². The van der Waals surface area contributed by atoms with Crippen LogP contribution in [-0.2, 0) is 18.9 Å². The van der Waals surface area contributed by atoms with Crippen LogP contribution in [-0.4, -0.2) is 75.6 Å². The van der Waals surface area contributed by atoms with Gasteiger partial charge in [-0.1, -0.05) is 12.1 Å². The molecule has 0 N–H and O–H groups in total. The molecule has 3 rings (SSSR count). The van der Waals surface area contributed by atoms with Crippen molar-refractivity contribution in [3.05, 3.63) is 62.7 Å². The van der Waals surface area contributed by atoms with Crippen molar-refractivity contribution in [3.8, 4) is 17.2 Å². The van der Waals surface area contributed by atoms with E-state index in [0.29, 0.717) is 38.8 Å². The molecule has 2 aromatic rings. The van der Waals surface area contributed by atoms with Gasteiger partial charge in [-0.2, -0.15) is 0 Å². The largest absolute Gasteiger partial charge is 0.484 e. The molecular formula is C25H32N2O11. The molecular weight excluding hydrogens is 504 g/mol. The average Bonchev–Trinajstić information content (AvgIpc) is 2.92. The summed E-state index contributed by atoms with van der Waals surface area (Å²) in [6.07, 6.45) is 2.41. The van der Waals surface area contributed by atoms with E-state index in [1.165, 1.54) is 30.3 Å². The number of benzene rings is 2. The van der Waals surface area contributed by atoms with E-state index in [4.69, 9.17) is 33.2 Å². The Morgan fingerprint density at radius 3 is 1.92 bits per heavy atom. The van der Waals surface area contributed by atoms with E-state index < -0.39 is 9.85 Å². The molecule has 0 saturated carbocycles. The summed E-state index contributed by atoms with van der Waals surface area (Å²) in [5.74, 6) is 0.747. The van der Waals surface area contributed by atoms with Crippen molar-refractivity contribution in [3.63, 3.8) is 0 Å². The van der Waals surface area contributed by atoms with Crippen LogP contribution in [0.3, 0.4) is 0 Å². The molecule has 1 unspecified atom stereocenters. The minimum atomic E-state index is -0.509. The molecule has 13 heteroatoms. The third-order valence-corrected chi connectivity index (χ3v) is 5.31. The monoisotopic (exact) mass is 536 g/mol. The third-order valence-electron chi connectivity index (χ3n) is 5.31. The molecule has 38 heavy (non-hydrogen) atoms. The van der Waals surface area contributed by atoms with Gasteiger partial charge < -0.3 is 33.2 Å². The predicted octanol–water partition coefficient (Wildman–Crippen LogP) is 3.92. The van der Waals surface area contributed by atoms with Crippen molar-refractivity contribution in [2.75, 3.05) is 59.5 Å². The summed E-state index contributed by atoms with van der Waals surface area (Å²) in [5, 5.41) is 22.3. The first kappa shape index (κ1) is 29.0. The van der Waals surface area contributed by atoms with E-state index in [1.807, 2.05) is 0 Å². The Labute approximate surface area is 219 Å². The van der Waals surface area contributed by atoms with Crippen molar-refractivity contribution in [2.24, 2.45) is 0 Å². The minimum absolute atomic E-state index is 0.0910.